The summed E-state index contributed by atoms with van der Waals surface area (Å²) in [6.07, 6.45) is 9.27. The van der Waals surface area contributed by atoms with Gasteiger partial charge in [-0.2, -0.15) is 0 Å². The van der Waals surface area contributed by atoms with Crippen LogP contribution in [0.15, 0.2) is 28.7 Å². The van der Waals surface area contributed by atoms with Gasteiger partial charge in [-0.3, -0.25) is 0 Å². The van der Waals surface area contributed by atoms with Crippen molar-refractivity contribution in [3.63, 3.8) is 0 Å². The van der Waals surface area contributed by atoms with Crippen molar-refractivity contribution in [3.05, 3.63) is 34.3 Å². The normalized spacial score (nSPS) is 12.6. The quantitative estimate of drug-likeness (QED) is 0.386. The zero-order chi connectivity index (χ0) is 12.5. The van der Waals surface area contributed by atoms with Crippen molar-refractivity contribution >= 4 is 31.9 Å². The lowest BCUT2D eigenvalue weighted by Crippen LogP contribution is -2.02. The van der Waals surface area contributed by atoms with E-state index >= 15 is 0 Å². The van der Waals surface area contributed by atoms with Crippen molar-refractivity contribution in [2.45, 2.75) is 56.7 Å². The second-order valence-corrected chi connectivity index (χ2v) is 6.84. The predicted molar refractivity (Wildman–Crippen MR) is 83.9 cm³/mol. The van der Waals surface area contributed by atoms with Crippen LogP contribution in [0.1, 0.15) is 51.0 Å². The number of hydrogen-bond acceptors (Lipinski definition) is 0. The number of hydrogen-bond donors (Lipinski definition) is 0. The monoisotopic (exact) mass is 360 g/mol. The first-order valence-corrected chi connectivity index (χ1v) is 8.31. The number of benzene rings is 1. The second-order valence-electron chi connectivity index (χ2n) is 4.63. The van der Waals surface area contributed by atoms with Crippen molar-refractivity contribution in [1.29, 1.82) is 0 Å². The smallest absolute Gasteiger partial charge is 0.0186 e. The Morgan fingerprint density at radius 2 is 1.88 bits per heavy atom. The van der Waals surface area contributed by atoms with Crippen molar-refractivity contribution in [2.75, 3.05) is 0 Å². The van der Waals surface area contributed by atoms with Gasteiger partial charge in [-0.15, -0.1) is 0 Å². The first kappa shape index (κ1) is 15.2. The summed E-state index contributed by atoms with van der Waals surface area (Å²) in [5.74, 6) is 0. The molecule has 1 rings (SSSR count). The van der Waals surface area contributed by atoms with Crippen LogP contribution in [-0.2, 0) is 6.42 Å². The van der Waals surface area contributed by atoms with Crippen molar-refractivity contribution in [1.82, 2.24) is 0 Å². The van der Waals surface area contributed by atoms with Gasteiger partial charge in [0, 0.05) is 9.30 Å². The number of alkyl halides is 1. The Labute approximate surface area is 122 Å². The maximum Gasteiger partial charge on any atom is 0.0186 e. The predicted octanol–water partition coefficient (Wildman–Crippen LogP) is 6.12. The van der Waals surface area contributed by atoms with Gasteiger partial charge in [-0.25, -0.2) is 0 Å². The maximum atomic E-state index is 3.79. The molecule has 0 heterocycles. The fraction of sp³-hybridized carbons (Fsp3) is 0.600. The molecule has 0 aliphatic rings. The van der Waals surface area contributed by atoms with E-state index in [1.165, 1.54) is 48.6 Å². The van der Waals surface area contributed by atoms with E-state index in [0.717, 1.165) is 6.42 Å². The van der Waals surface area contributed by atoms with E-state index < -0.39 is 0 Å². The highest BCUT2D eigenvalue weighted by atomic mass is 79.9. The van der Waals surface area contributed by atoms with Crippen LogP contribution in [0.3, 0.4) is 0 Å². The first-order chi connectivity index (χ1) is 8.22. The van der Waals surface area contributed by atoms with Crippen molar-refractivity contribution in [2.24, 2.45) is 0 Å². The van der Waals surface area contributed by atoms with E-state index in [9.17, 15) is 0 Å². The van der Waals surface area contributed by atoms with Crippen LogP contribution in [0.4, 0.5) is 0 Å². The molecule has 1 unspecified atom stereocenters. The SMILES string of the molecule is CCCCCCCC(Br)Cc1cccc(Br)c1. The third kappa shape index (κ3) is 7.25. The van der Waals surface area contributed by atoms with E-state index in [-0.39, 0.29) is 0 Å². The average Bonchev–Trinajstić information content (AvgIpc) is 2.29. The molecule has 1 aromatic carbocycles. The molecule has 17 heavy (non-hydrogen) atoms. The molecule has 0 bridgehead atoms. The lowest BCUT2D eigenvalue weighted by Gasteiger charge is -2.10. The number of halogens is 2. The highest BCUT2D eigenvalue weighted by Gasteiger charge is 2.05. The summed E-state index contributed by atoms with van der Waals surface area (Å²) in [6.45, 7) is 2.26. The fourth-order valence-electron chi connectivity index (χ4n) is 1.99. The van der Waals surface area contributed by atoms with Crippen LogP contribution in [0, 0.1) is 0 Å². The Kier molecular flexibility index (Phi) is 8.21. The van der Waals surface area contributed by atoms with Gasteiger partial charge in [0.15, 0.2) is 0 Å². The molecule has 0 spiro atoms. The zero-order valence-corrected chi connectivity index (χ0v) is 13.8. The van der Waals surface area contributed by atoms with Gasteiger partial charge >= 0.3 is 0 Å². The van der Waals surface area contributed by atoms with Crippen molar-refractivity contribution < 1.29 is 0 Å². The summed E-state index contributed by atoms with van der Waals surface area (Å²) in [4.78, 5) is 0.624. The summed E-state index contributed by atoms with van der Waals surface area (Å²) < 4.78 is 1.18. The van der Waals surface area contributed by atoms with Gasteiger partial charge in [-0.05, 0) is 30.5 Å². The molecule has 1 aromatic rings. The van der Waals surface area contributed by atoms with Gasteiger partial charge in [-0.1, -0.05) is 83.0 Å². The number of rotatable bonds is 8. The molecule has 96 valence electrons. The van der Waals surface area contributed by atoms with Gasteiger partial charge in [0.1, 0.15) is 0 Å². The summed E-state index contributed by atoms with van der Waals surface area (Å²) in [6, 6.07) is 8.61. The molecule has 0 nitrogen and oxygen atoms in total. The molecular formula is C15H22Br2. The van der Waals surface area contributed by atoms with Crippen LogP contribution in [0.25, 0.3) is 0 Å². The molecule has 0 saturated heterocycles. The Hall–Kier alpha value is 0.180. The molecule has 0 aliphatic carbocycles. The highest BCUT2D eigenvalue weighted by Crippen LogP contribution is 2.19. The standard InChI is InChI=1S/C15H22Br2/c1-2-3-4-5-6-9-14(16)11-13-8-7-10-15(17)12-13/h7-8,10,12,14H,2-6,9,11H2,1H3. The van der Waals surface area contributed by atoms with Crippen LogP contribution in [0.5, 0.6) is 0 Å². The molecule has 0 saturated carbocycles. The van der Waals surface area contributed by atoms with E-state index in [2.05, 4.69) is 63.0 Å². The molecule has 0 amide bonds. The number of unbranched alkanes of at least 4 members (excludes halogenated alkanes) is 4. The Balaban J connectivity index is 2.18. The Morgan fingerprint density at radius 3 is 2.59 bits per heavy atom. The van der Waals surface area contributed by atoms with E-state index in [0.29, 0.717) is 4.83 Å². The minimum Gasteiger partial charge on any atom is -0.0887 e. The largest absolute Gasteiger partial charge is 0.0887 e. The summed E-state index contributed by atoms with van der Waals surface area (Å²) in [5, 5.41) is 0. The summed E-state index contributed by atoms with van der Waals surface area (Å²) in [5.41, 5.74) is 1.41. The lowest BCUT2D eigenvalue weighted by atomic mass is 10.0. The zero-order valence-electron chi connectivity index (χ0n) is 10.6. The molecule has 0 fully saturated rings. The van der Waals surface area contributed by atoms with Gasteiger partial charge < -0.3 is 0 Å². The van der Waals surface area contributed by atoms with Crippen LogP contribution in [0.2, 0.25) is 0 Å². The molecule has 0 aromatic heterocycles. The van der Waals surface area contributed by atoms with Crippen LogP contribution in [-0.4, -0.2) is 4.83 Å². The molecule has 0 aliphatic heterocycles. The lowest BCUT2D eigenvalue weighted by molar-refractivity contribution is 0.598. The van der Waals surface area contributed by atoms with Crippen LogP contribution >= 0.6 is 31.9 Å². The third-order valence-corrected chi connectivity index (χ3v) is 4.24. The Morgan fingerprint density at radius 1 is 1.12 bits per heavy atom. The summed E-state index contributed by atoms with van der Waals surface area (Å²) in [7, 11) is 0. The highest BCUT2D eigenvalue weighted by molar-refractivity contribution is 9.10. The molecular weight excluding hydrogens is 340 g/mol. The van der Waals surface area contributed by atoms with Gasteiger partial charge in [0.05, 0.1) is 0 Å². The van der Waals surface area contributed by atoms with E-state index in [1.54, 1.807) is 0 Å². The molecule has 1 atom stereocenters. The van der Waals surface area contributed by atoms with Crippen LogP contribution < -0.4 is 0 Å². The fourth-order valence-corrected chi connectivity index (χ4v) is 3.14. The molecule has 0 N–H and O–H groups in total. The molecule has 0 radical (unpaired) electrons. The minimum atomic E-state index is 0.624. The molecule has 2 heteroatoms. The second kappa shape index (κ2) is 9.16. The maximum absolute atomic E-state index is 3.79. The summed E-state index contributed by atoms with van der Waals surface area (Å²) >= 11 is 7.31. The van der Waals surface area contributed by atoms with E-state index in [1.807, 2.05) is 0 Å². The topological polar surface area (TPSA) is 0 Å². The Bertz CT molecular complexity index is 310. The van der Waals surface area contributed by atoms with Gasteiger partial charge in [0.25, 0.3) is 0 Å². The average molecular weight is 362 g/mol. The third-order valence-electron chi connectivity index (χ3n) is 2.97. The minimum absolute atomic E-state index is 0.624. The first-order valence-electron chi connectivity index (χ1n) is 6.61. The van der Waals surface area contributed by atoms with Gasteiger partial charge in [0.2, 0.25) is 0 Å². The van der Waals surface area contributed by atoms with Crippen molar-refractivity contribution in [3.8, 4) is 0 Å². The van der Waals surface area contributed by atoms with E-state index in [4.69, 9.17) is 0 Å².